The monoisotopic (exact) mass is 375 g/mol. The van der Waals surface area contributed by atoms with E-state index in [2.05, 4.69) is 5.09 Å². The highest BCUT2D eigenvalue weighted by molar-refractivity contribution is 8.00. The molecule has 0 unspecified atom stereocenters. The second-order valence-corrected chi connectivity index (χ2v) is 8.68. The van der Waals surface area contributed by atoms with Crippen molar-refractivity contribution in [2.24, 2.45) is 0 Å². The van der Waals surface area contributed by atoms with Gasteiger partial charge in [0.05, 0.1) is 0 Å². The van der Waals surface area contributed by atoms with Crippen molar-refractivity contribution in [1.82, 2.24) is 0 Å². The smallest absolute Gasteiger partial charge is 0.429 e. The van der Waals surface area contributed by atoms with Crippen LogP contribution in [0.25, 0.3) is 0 Å². The Morgan fingerprint density at radius 2 is 1.58 bits per heavy atom. The van der Waals surface area contributed by atoms with Crippen molar-refractivity contribution in [2.45, 2.75) is 24.3 Å². The third-order valence-electron chi connectivity index (χ3n) is 2.89. The number of nitrogens with one attached hydrogen (secondary N) is 1. The van der Waals surface area contributed by atoms with Gasteiger partial charge in [-0.3, -0.25) is 4.57 Å². The van der Waals surface area contributed by atoms with Crippen LogP contribution in [-0.4, -0.2) is 12.2 Å². The molecule has 1 atom stereocenters. The molecule has 2 rings (SSSR count). The fourth-order valence-electron chi connectivity index (χ4n) is 2.18. The first-order chi connectivity index (χ1) is 11.0. The Morgan fingerprint density at radius 3 is 2.08 bits per heavy atom. The normalized spacial score (nSPS) is 14.1. The van der Waals surface area contributed by atoms with Crippen LogP contribution in [0.4, 0.5) is 18.9 Å². The van der Waals surface area contributed by atoms with Gasteiger partial charge in [-0.05, 0) is 73.1 Å². The van der Waals surface area contributed by atoms with Crippen molar-refractivity contribution in [3.63, 3.8) is 0 Å². The van der Waals surface area contributed by atoms with E-state index in [1.54, 1.807) is 12.1 Å². The predicted molar refractivity (Wildman–Crippen MR) is 92.1 cm³/mol. The summed E-state index contributed by atoms with van der Waals surface area (Å²) < 4.78 is 55.0. The van der Waals surface area contributed by atoms with E-state index in [1.165, 1.54) is 30.9 Å². The lowest BCUT2D eigenvalue weighted by molar-refractivity contribution is -0.0328. The van der Waals surface area contributed by atoms with E-state index in [9.17, 15) is 17.7 Å². The molecule has 2 aromatic rings. The van der Waals surface area contributed by atoms with E-state index in [0.717, 1.165) is 11.1 Å². The van der Waals surface area contributed by atoms with E-state index in [1.807, 2.05) is 19.9 Å². The second kappa shape index (κ2) is 7.11. The molecular formula is C16H17F3NO2PS. The molecule has 0 aliphatic rings. The number of halogens is 3. The maximum Gasteiger partial charge on any atom is 0.446 e. The average molecular weight is 375 g/mol. The molecule has 24 heavy (non-hydrogen) atoms. The first-order valence-electron chi connectivity index (χ1n) is 7.02. The van der Waals surface area contributed by atoms with Crippen LogP contribution in [0.2, 0.25) is 0 Å². The summed E-state index contributed by atoms with van der Waals surface area (Å²) in [5.74, 6) is 0.482. The number of aryl methyl sites for hydroxylation is 2. The van der Waals surface area contributed by atoms with Gasteiger partial charge in [-0.15, -0.1) is 0 Å². The Morgan fingerprint density at radius 1 is 1.04 bits per heavy atom. The molecule has 0 heterocycles. The topological polar surface area (TPSA) is 38.3 Å². The number of alkyl halides is 3. The van der Waals surface area contributed by atoms with Gasteiger partial charge in [-0.1, -0.05) is 6.07 Å². The van der Waals surface area contributed by atoms with Crippen LogP contribution >= 0.6 is 19.3 Å². The summed E-state index contributed by atoms with van der Waals surface area (Å²) >= 11 is -0.195. The molecule has 130 valence electrons. The minimum atomic E-state index is -4.33. The molecule has 0 saturated carbocycles. The summed E-state index contributed by atoms with van der Waals surface area (Å²) in [6.07, 6.45) is 0. The van der Waals surface area contributed by atoms with Crippen molar-refractivity contribution in [1.29, 1.82) is 0 Å². The van der Waals surface area contributed by atoms with Crippen molar-refractivity contribution in [2.75, 3.05) is 11.8 Å². The zero-order chi connectivity index (χ0) is 18.0. The van der Waals surface area contributed by atoms with Gasteiger partial charge in [-0.25, -0.2) is 0 Å². The fraction of sp³-hybridized carbons (Fsp3) is 0.250. The summed E-state index contributed by atoms with van der Waals surface area (Å²) in [6.45, 7) is 5.23. The number of benzene rings is 2. The van der Waals surface area contributed by atoms with Crippen molar-refractivity contribution < 1.29 is 22.3 Å². The summed E-state index contributed by atoms with van der Waals surface area (Å²) in [5, 5.41) is 2.74. The van der Waals surface area contributed by atoms with Gasteiger partial charge in [-0.2, -0.15) is 13.2 Å². The molecule has 0 amide bonds. The van der Waals surface area contributed by atoms with Gasteiger partial charge < -0.3 is 9.61 Å². The zero-order valence-electron chi connectivity index (χ0n) is 13.3. The van der Waals surface area contributed by atoms with E-state index in [4.69, 9.17) is 4.52 Å². The van der Waals surface area contributed by atoms with Crippen molar-refractivity contribution >= 4 is 25.0 Å². The van der Waals surface area contributed by atoms with Crippen LogP contribution in [0.5, 0.6) is 5.75 Å². The van der Waals surface area contributed by atoms with Gasteiger partial charge in [0.25, 0.3) is 0 Å². The standard InChI is InChI=1S/C16H17F3NO2PS/c1-11-8-12(2)10-14(9-11)22-23(3,21)20-13-4-6-15(7-5-13)24-16(17,18)19/h4-10H,1-3H3,(H,20,21)/t23-/m1/s1. The van der Waals surface area contributed by atoms with Crippen molar-refractivity contribution in [3.05, 3.63) is 53.6 Å². The molecule has 1 N–H and O–H groups in total. The molecule has 0 saturated heterocycles. The molecule has 8 heteroatoms. The highest BCUT2D eigenvalue weighted by atomic mass is 32.2. The number of anilines is 1. The predicted octanol–water partition coefficient (Wildman–Crippen LogP) is 6.23. The van der Waals surface area contributed by atoms with E-state index >= 15 is 0 Å². The molecular weight excluding hydrogens is 358 g/mol. The third kappa shape index (κ3) is 6.13. The Balaban J connectivity index is 2.07. The van der Waals surface area contributed by atoms with Crippen LogP contribution in [-0.2, 0) is 4.57 Å². The Labute approximate surface area is 143 Å². The highest BCUT2D eigenvalue weighted by Crippen LogP contribution is 2.44. The average Bonchev–Trinajstić information content (AvgIpc) is 2.37. The highest BCUT2D eigenvalue weighted by Gasteiger charge is 2.29. The maximum absolute atomic E-state index is 12.6. The summed E-state index contributed by atoms with van der Waals surface area (Å²) in [6, 6.07) is 11.0. The maximum atomic E-state index is 12.6. The third-order valence-corrected chi connectivity index (χ3v) is 4.86. The molecule has 0 bridgehead atoms. The van der Waals surface area contributed by atoms with E-state index in [0.29, 0.717) is 11.4 Å². The Hall–Kier alpha value is -1.59. The SMILES string of the molecule is Cc1cc(C)cc(O[P@@](C)(=O)Nc2ccc(SC(F)(F)F)cc2)c1. The first kappa shape index (κ1) is 18.7. The molecule has 0 radical (unpaired) electrons. The van der Waals surface area contributed by atoms with Crippen LogP contribution in [0.3, 0.4) is 0 Å². The Kier molecular flexibility index (Phi) is 5.56. The summed E-state index contributed by atoms with van der Waals surface area (Å²) in [7, 11) is -3.21. The number of thioether (sulfide) groups is 1. The molecule has 0 fully saturated rings. The van der Waals surface area contributed by atoms with Gasteiger partial charge in [0.15, 0.2) is 0 Å². The lowest BCUT2D eigenvalue weighted by Gasteiger charge is -2.18. The number of hydrogen-bond acceptors (Lipinski definition) is 3. The minimum Gasteiger partial charge on any atom is -0.429 e. The van der Waals surface area contributed by atoms with E-state index in [-0.39, 0.29) is 16.7 Å². The van der Waals surface area contributed by atoms with Crippen LogP contribution < -0.4 is 9.61 Å². The quantitative estimate of drug-likeness (QED) is 0.497. The van der Waals surface area contributed by atoms with Gasteiger partial charge in [0, 0.05) is 17.2 Å². The number of hydrogen-bond donors (Lipinski definition) is 1. The first-order valence-corrected chi connectivity index (χ1v) is 9.91. The van der Waals surface area contributed by atoms with Gasteiger partial charge in [0.1, 0.15) is 5.75 Å². The molecule has 0 spiro atoms. The van der Waals surface area contributed by atoms with Crippen LogP contribution in [0.15, 0.2) is 47.4 Å². The second-order valence-electron chi connectivity index (χ2n) is 5.44. The Bertz CT molecular complexity index is 743. The zero-order valence-corrected chi connectivity index (χ0v) is 15.1. The van der Waals surface area contributed by atoms with Gasteiger partial charge in [0.2, 0.25) is 0 Å². The molecule has 0 aliphatic heterocycles. The largest absolute Gasteiger partial charge is 0.446 e. The molecule has 2 aromatic carbocycles. The molecule has 0 aliphatic carbocycles. The molecule has 3 nitrogen and oxygen atoms in total. The lowest BCUT2D eigenvalue weighted by atomic mass is 10.1. The lowest BCUT2D eigenvalue weighted by Crippen LogP contribution is -2.03. The van der Waals surface area contributed by atoms with Crippen molar-refractivity contribution in [3.8, 4) is 5.75 Å². The minimum absolute atomic E-state index is 0.0641. The van der Waals surface area contributed by atoms with Crippen LogP contribution in [0, 0.1) is 13.8 Å². The summed E-state index contributed by atoms with van der Waals surface area (Å²) in [4.78, 5) is 0.0641. The van der Waals surface area contributed by atoms with Crippen LogP contribution in [0.1, 0.15) is 11.1 Å². The summed E-state index contributed by atoms with van der Waals surface area (Å²) in [5.41, 5.74) is -1.94. The fourth-order valence-corrected chi connectivity index (χ4v) is 3.89. The van der Waals surface area contributed by atoms with Gasteiger partial charge >= 0.3 is 13.0 Å². The van der Waals surface area contributed by atoms with E-state index < -0.39 is 13.0 Å². The molecule has 0 aromatic heterocycles. The number of rotatable bonds is 5.